The van der Waals surface area contributed by atoms with Gasteiger partial charge >= 0.3 is 5.97 Å². The van der Waals surface area contributed by atoms with Crippen molar-refractivity contribution in [2.75, 3.05) is 12.3 Å². The number of anilines is 1. The number of hydrogen-bond acceptors (Lipinski definition) is 5. The van der Waals surface area contributed by atoms with Crippen molar-refractivity contribution >= 4 is 11.7 Å². The summed E-state index contributed by atoms with van der Waals surface area (Å²) in [6.45, 7) is 0.437. The summed E-state index contributed by atoms with van der Waals surface area (Å²) in [6, 6.07) is 0. The highest BCUT2D eigenvalue weighted by Gasteiger charge is 2.41. The zero-order valence-corrected chi connectivity index (χ0v) is 12.3. The summed E-state index contributed by atoms with van der Waals surface area (Å²) in [7, 11) is 0. The van der Waals surface area contributed by atoms with E-state index in [4.69, 9.17) is 15.2 Å². The molecule has 2 fully saturated rings. The van der Waals surface area contributed by atoms with Crippen molar-refractivity contribution in [3.63, 3.8) is 0 Å². The van der Waals surface area contributed by atoms with Crippen molar-refractivity contribution in [3.8, 4) is 0 Å². The lowest BCUT2D eigenvalue weighted by molar-refractivity contribution is -0.151. The monoisotopic (exact) mass is 293 g/mol. The third kappa shape index (κ3) is 3.56. The van der Waals surface area contributed by atoms with Gasteiger partial charge in [0.05, 0.1) is 23.6 Å². The first kappa shape index (κ1) is 14.4. The maximum atomic E-state index is 11.8. The summed E-state index contributed by atoms with van der Waals surface area (Å²) in [6.07, 6.45) is 11.4. The Labute approximate surface area is 124 Å². The summed E-state index contributed by atoms with van der Waals surface area (Å²) >= 11 is 0. The van der Waals surface area contributed by atoms with Crippen LogP contribution in [-0.4, -0.2) is 34.1 Å². The molecule has 1 unspecified atom stereocenters. The molecule has 116 valence electrons. The molecular formula is C15H23N3O3. The summed E-state index contributed by atoms with van der Waals surface area (Å²) in [5.41, 5.74) is 6.17. The lowest BCUT2D eigenvalue weighted by atomic mass is 9.83. The zero-order valence-electron chi connectivity index (χ0n) is 12.3. The van der Waals surface area contributed by atoms with Gasteiger partial charge in [-0.05, 0) is 25.7 Å². The fourth-order valence-corrected chi connectivity index (χ4v) is 3.41. The second kappa shape index (κ2) is 6.05. The van der Waals surface area contributed by atoms with E-state index in [0.29, 0.717) is 12.3 Å². The molecule has 0 radical (unpaired) electrons. The first-order valence-electron chi connectivity index (χ1n) is 7.77. The summed E-state index contributed by atoms with van der Waals surface area (Å²) in [5.74, 6) is -0.300. The number of esters is 1. The van der Waals surface area contributed by atoms with Gasteiger partial charge in [-0.3, -0.25) is 9.48 Å². The van der Waals surface area contributed by atoms with Gasteiger partial charge in [0.25, 0.3) is 0 Å². The van der Waals surface area contributed by atoms with Gasteiger partial charge in [-0.2, -0.15) is 5.10 Å². The minimum Gasteiger partial charge on any atom is -0.462 e. The van der Waals surface area contributed by atoms with E-state index in [1.54, 1.807) is 6.20 Å². The maximum absolute atomic E-state index is 11.8. The third-order valence-electron chi connectivity index (χ3n) is 4.48. The molecular weight excluding hydrogens is 270 g/mol. The molecule has 1 atom stereocenters. The molecule has 1 aromatic rings. The van der Waals surface area contributed by atoms with Crippen LogP contribution in [-0.2, 0) is 20.8 Å². The average Bonchev–Trinajstić information content (AvgIpc) is 3.05. The molecule has 1 saturated heterocycles. The molecule has 0 bridgehead atoms. The molecule has 0 aromatic carbocycles. The Morgan fingerprint density at radius 1 is 1.43 bits per heavy atom. The number of hydrogen-bond donors (Lipinski definition) is 1. The molecule has 2 aliphatic rings. The van der Waals surface area contributed by atoms with Crippen LogP contribution in [0, 0.1) is 0 Å². The summed E-state index contributed by atoms with van der Waals surface area (Å²) < 4.78 is 13.0. The van der Waals surface area contributed by atoms with Crippen molar-refractivity contribution in [1.82, 2.24) is 9.78 Å². The van der Waals surface area contributed by atoms with Crippen LogP contribution in [0.1, 0.15) is 44.9 Å². The van der Waals surface area contributed by atoms with Crippen LogP contribution < -0.4 is 5.73 Å². The van der Waals surface area contributed by atoms with Gasteiger partial charge in [0, 0.05) is 6.20 Å². The van der Waals surface area contributed by atoms with E-state index in [0.717, 1.165) is 25.7 Å². The number of carbonyl (C=O) groups excluding carboxylic acids is 1. The SMILES string of the molecule is Nc1cnn(CC(=O)OCC2CCC3(CCCCC3)O2)c1. The second-order valence-corrected chi connectivity index (χ2v) is 6.18. The Balaban J connectivity index is 1.42. The molecule has 0 amide bonds. The van der Waals surface area contributed by atoms with Crippen molar-refractivity contribution in [1.29, 1.82) is 0 Å². The third-order valence-corrected chi connectivity index (χ3v) is 4.48. The van der Waals surface area contributed by atoms with Gasteiger partial charge in [-0.15, -0.1) is 0 Å². The molecule has 2 heterocycles. The number of nitrogens with zero attached hydrogens (tertiary/aromatic N) is 2. The van der Waals surface area contributed by atoms with Gasteiger partial charge in [0.2, 0.25) is 0 Å². The lowest BCUT2D eigenvalue weighted by Crippen LogP contribution is -2.33. The van der Waals surface area contributed by atoms with Crippen molar-refractivity contribution in [3.05, 3.63) is 12.4 Å². The number of nitrogens with two attached hydrogens (primary N) is 1. The molecule has 1 aliphatic heterocycles. The number of aromatic nitrogens is 2. The topological polar surface area (TPSA) is 79.4 Å². The van der Waals surface area contributed by atoms with Crippen LogP contribution in [0.4, 0.5) is 5.69 Å². The van der Waals surface area contributed by atoms with E-state index < -0.39 is 0 Å². The molecule has 1 aromatic heterocycles. The van der Waals surface area contributed by atoms with Gasteiger partial charge in [0.15, 0.2) is 0 Å². The largest absolute Gasteiger partial charge is 0.462 e. The predicted octanol–water partition coefficient (Wildman–Crippen LogP) is 1.89. The van der Waals surface area contributed by atoms with Gasteiger partial charge in [-0.1, -0.05) is 19.3 Å². The number of rotatable bonds is 4. The Morgan fingerprint density at radius 3 is 2.95 bits per heavy atom. The fourth-order valence-electron chi connectivity index (χ4n) is 3.41. The summed E-state index contributed by atoms with van der Waals surface area (Å²) in [4.78, 5) is 11.8. The highest BCUT2D eigenvalue weighted by molar-refractivity contribution is 5.69. The molecule has 1 saturated carbocycles. The quantitative estimate of drug-likeness (QED) is 0.858. The Morgan fingerprint density at radius 2 is 2.24 bits per heavy atom. The number of ether oxygens (including phenoxy) is 2. The van der Waals surface area contributed by atoms with Gasteiger partial charge in [0.1, 0.15) is 13.2 Å². The molecule has 6 nitrogen and oxygen atoms in total. The normalized spacial score (nSPS) is 24.3. The van der Waals surface area contributed by atoms with E-state index >= 15 is 0 Å². The summed E-state index contributed by atoms with van der Waals surface area (Å²) in [5, 5.41) is 3.96. The van der Waals surface area contributed by atoms with Crippen molar-refractivity contribution < 1.29 is 14.3 Å². The van der Waals surface area contributed by atoms with E-state index in [1.165, 1.54) is 30.1 Å². The molecule has 1 spiro atoms. The van der Waals surface area contributed by atoms with Crippen molar-refractivity contribution in [2.24, 2.45) is 0 Å². The van der Waals surface area contributed by atoms with E-state index in [9.17, 15) is 4.79 Å². The molecule has 1 aliphatic carbocycles. The van der Waals surface area contributed by atoms with Crippen LogP contribution in [0.25, 0.3) is 0 Å². The first-order chi connectivity index (χ1) is 10.2. The minimum atomic E-state index is -0.300. The molecule has 21 heavy (non-hydrogen) atoms. The highest BCUT2D eigenvalue weighted by atomic mass is 16.6. The Kier molecular flexibility index (Phi) is 4.14. The standard InChI is InChI=1S/C15H23N3O3/c16-12-8-17-18(9-12)10-14(19)20-11-13-4-7-15(21-13)5-2-1-3-6-15/h8-9,13H,1-7,10-11,16H2. The average molecular weight is 293 g/mol. The van der Waals surface area contributed by atoms with Crippen molar-refractivity contribution in [2.45, 2.75) is 63.2 Å². The predicted molar refractivity (Wildman–Crippen MR) is 77.5 cm³/mol. The molecule has 6 heteroatoms. The zero-order chi connectivity index (χ0) is 14.7. The van der Waals surface area contributed by atoms with Crippen LogP contribution in [0.3, 0.4) is 0 Å². The van der Waals surface area contributed by atoms with Crippen LogP contribution >= 0.6 is 0 Å². The van der Waals surface area contributed by atoms with Crippen LogP contribution in [0.5, 0.6) is 0 Å². The van der Waals surface area contributed by atoms with Crippen LogP contribution in [0.15, 0.2) is 12.4 Å². The smallest absolute Gasteiger partial charge is 0.327 e. The van der Waals surface area contributed by atoms with E-state index in [-0.39, 0.29) is 24.2 Å². The highest BCUT2D eigenvalue weighted by Crippen LogP contribution is 2.41. The van der Waals surface area contributed by atoms with E-state index in [1.807, 2.05) is 0 Å². The first-order valence-corrected chi connectivity index (χ1v) is 7.77. The van der Waals surface area contributed by atoms with Gasteiger partial charge < -0.3 is 15.2 Å². The van der Waals surface area contributed by atoms with Gasteiger partial charge in [-0.25, -0.2) is 0 Å². The second-order valence-electron chi connectivity index (χ2n) is 6.18. The van der Waals surface area contributed by atoms with E-state index in [2.05, 4.69) is 5.10 Å². The lowest BCUT2D eigenvalue weighted by Gasteiger charge is -2.33. The number of carbonyl (C=O) groups is 1. The maximum Gasteiger partial charge on any atom is 0.327 e. The number of nitrogen functional groups attached to an aromatic ring is 1. The molecule has 2 N–H and O–H groups in total. The molecule has 3 rings (SSSR count). The minimum absolute atomic E-state index is 0.0507. The Bertz CT molecular complexity index is 494. The Hall–Kier alpha value is -1.56. The fraction of sp³-hybridized carbons (Fsp3) is 0.733. The van der Waals surface area contributed by atoms with Crippen LogP contribution in [0.2, 0.25) is 0 Å².